The van der Waals surface area contributed by atoms with E-state index in [1.807, 2.05) is 0 Å². The van der Waals surface area contributed by atoms with Crippen LogP contribution >= 0.6 is 0 Å². The molecule has 0 spiro atoms. The number of rotatable bonds is 2. The summed E-state index contributed by atoms with van der Waals surface area (Å²) in [6, 6.07) is 0.358. The van der Waals surface area contributed by atoms with Gasteiger partial charge in [-0.3, -0.25) is 4.79 Å². The molecule has 0 radical (unpaired) electrons. The molecular weight excluding hydrogens is 202 g/mol. The van der Waals surface area contributed by atoms with Crippen LogP contribution in [0.1, 0.15) is 26.2 Å². The van der Waals surface area contributed by atoms with Crippen molar-refractivity contribution in [1.82, 2.24) is 15.5 Å². The predicted molar refractivity (Wildman–Crippen MR) is 64.3 cm³/mol. The highest BCUT2D eigenvalue weighted by Crippen LogP contribution is 2.26. The van der Waals surface area contributed by atoms with Gasteiger partial charge in [0, 0.05) is 19.1 Å². The van der Waals surface area contributed by atoms with Crippen molar-refractivity contribution in [3.8, 4) is 0 Å². The van der Waals surface area contributed by atoms with E-state index < -0.39 is 0 Å². The fraction of sp³-hybridized carbons (Fsp3) is 0.917. The van der Waals surface area contributed by atoms with Crippen molar-refractivity contribution in [2.45, 2.75) is 32.2 Å². The summed E-state index contributed by atoms with van der Waals surface area (Å²) in [4.78, 5) is 14.5. The Morgan fingerprint density at radius 2 is 2.38 bits per heavy atom. The number of hydrogen-bond acceptors (Lipinski definition) is 3. The van der Waals surface area contributed by atoms with Crippen molar-refractivity contribution >= 4 is 5.91 Å². The summed E-state index contributed by atoms with van der Waals surface area (Å²) in [7, 11) is 2.11. The molecule has 2 heterocycles. The number of nitrogens with zero attached hydrogens (tertiary/aromatic N) is 1. The van der Waals surface area contributed by atoms with Gasteiger partial charge in [-0.25, -0.2) is 0 Å². The second-order valence-electron chi connectivity index (χ2n) is 5.56. The summed E-state index contributed by atoms with van der Waals surface area (Å²) >= 11 is 0. The molecule has 2 rings (SSSR count). The first-order valence-electron chi connectivity index (χ1n) is 6.30. The molecule has 2 aliphatic rings. The summed E-state index contributed by atoms with van der Waals surface area (Å²) in [5.41, 5.74) is -0.195. The Morgan fingerprint density at radius 3 is 2.94 bits per heavy atom. The average Bonchev–Trinajstić information content (AvgIpc) is 2.65. The van der Waals surface area contributed by atoms with E-state index >= 15 is 0 Å². The maximum atomic E-state index is 12.2. The van der Waals surface area contributed by atoms with E-state index in [-0.39, 0.29) is 11.3 Å². The number of piperidine rings is 1. The van der Waals surface area contributed by atoms with E-state index in [9.17, 15) is 4.79 Å². The van der Waals surface area contributed by atoms with Crippen LogP contribution in [0.25, 0.3) is 0 Å². The van der Waals surface area contributed by atoms with Crippen molar-refractivity contribution in [2.24, 2.45) is 5.41 Å². The third-order valence-corrected chi connectivity index (χ3v) is 3.87. The fourth-order valence-electron chi connectivity index (χ4n) is 2.66. The topological polar surface area (TPSA) is 44.4 Å². The normalized spacial score (nSPS) is 36.2. The number of hydrogen-bond donors (Lipinski definition) is 2. The zero-order valence-corrected chi connectivity index (χ0v) is 10.4. The maximum absolute atomic E-state index is 12.2. The monoisotopic (exact) mass is 225 g/mol. The zero-order chi connectivity index (χ0) is 11.6. The van der Waals surface area contributed by atoms with E-state index in [2.05, 4.69) is 29.5 Å². The van der Waals surface area contributed by atoms with Crippen LogP contribution < -0.4 is 10.6 Å². The van der Waals surface area contributed by atoms with Gasteiger partial charge in [-0.05, 0) is 46.3 Å². The predicted octanol–water partition coefficient (Wildman–Crippen LogP) is 0.196. The van der Waals surface area contributed by atoms with Gasteiger partial charge in [-0.15, -0.1) is 0 Å². The molecule has 2 N–H and O–H groups in total. The summed E-state index contributed by atoms with van der Waals surface area (Å²) in [5, 5.41) is 6.52. The van der Waals surface area contributed by atoms with E-state index in [1.54, 1.807) is 0 Å². The Labute approximate surface area is 97.8 Å². The Hall–Kier alpha value is -0.610. The van der Waals surface area contributed by atoms with Crippen molar-refractivity contribution < 1.29 is 4.79 Å². The SMILES string of the molecule is CN1CCC(NC(=O)C2(C)CCCNC2)C1. The molecule has 0 saturated carbocycles. The summed E-state index contributed by atoms with van der Waals surface area (Å²) in [5.74, 6) is 0.236. The summed E-state index contributed by atoms with van der Waals surface area (Å²) < 4.78 is 0. The molecule has 2 unspecified atom stereocenters. The van der Waals surface area contributed by atoms with Crippen molar-refractivity contribution in [3.05, 3.63) is 0 Å². The van der Waals surface area contributed by atoms with Gasteiger partial charge in [0.25, 0.3) is 0 Å². The number of likely N-dealkylation sites (N-methyl/N-ethyl adjacent to an activating group) is 1. The quantitative estimate of drug-likeness (QED) is 0.705. The van der Waals surface area contributed by atoms with Crippen molar-refractivity contribution in [3.63, 3.8) is 0 Å². The zero-order valence-electron chi connectivity index (χ0n) is 10.4. The minimum absolute atomic E-state index is 0.195. The van der Waals surface area contributed by atoms with Crippen LogP contribution in [0.5, 0.6) is 0 Å². The van der Waals surface area contributed by atoms with E-state index in [0.717, 1.165) is 45.4 Å². The molecule has 0 bridgehead atoms. The number of nitrogens with one attached hydrogen (secondary N) is 2. The first-order valence-corrected chi connectivity index (χ1v) is 6.30. The van der Waals surface area contributed by atoms with Gasteiger partial charge in [0.2, 0.25) is 5.91 Å². The molecule has 2 atom stereocenters. The van der Waals surface area contributed by atoms with Crippen LogP contribution in [0.2, 0.25) is 0 Å². The molecular formula is C12H23N3O. The first-order chi connectivity index (χ1) is 7.60. The number of amides is 1. The van der Waals surface area contributed by atoms with Crippen LogP contribution in [-0.4, -0.2) is 50.1 Å². The average molecular weight is 225 g/mol. The molecule has 1 amide bonds. The van der Waals surface area contributed by atoms with Crippen LogP contribution in [-0.2, 0) is 4.79 Å². The van der Waals surface area contributed by atoms with E-state index in [4.69, 9.17) is 0 Å². The van der Waals surface area contributed by atoms with Crippen LogP contribution in [0, 0.1) is 5.41 Å². The number of carbonyl (C=O) groups is 1. The molecule has 4 nitrogen and oxygen atoms in total. The first kappa shape index (κ1) is 11.9. The summed E-state index contributed by atoms with van der Waals surface area (Å²) in [6.07, 6.45) is 3.20. The molecule has 4 heteroatoms. The molecule has 0 aromatic heterocycles. The highest BCUT2D eigenvalue weighted by Gasteiger charge is 2.36. The molecule has 2 fully saturated rings. The minimum Gasteiger partial charge on any atom is -0.352 e. The lowest BCUT2D eigenvalue weighted by Gasteiger charge is -2.33. The summed E-state index contributed by atoms with van der Waals surface area (Å²) in [6.45, 7) is 6.04. The standard InChI is InChI=1S/C12H23N3O/c1-12(5-3-6-13-9-12)11(16)14-10-4-7-15(2)8-10/h10,13H,3-9H2,1-2H3,(H,14,16). The highest BCUT2D eigenvalue weighted by atomic mass is 16.2. The molecule has 92 valence electrons. The molecule has 0 aliphatic carbocycles. The lowest BCUT2D eigenvalue weighted by atomic mass is 9.81. The van der Waals surface area contributed by atoms with E-state index in [1.165, 1.54) is 0 Å². The molecule has 2 aliphatic heterocycles. The second-order valence-corrected chi connectivity index (χ2v) is 5.56. The lowest BCUT2D eigenvalue weighted by molar-refractivity contribution is -0.131. The molecule has 0 aromatic rings. The van der Waals surface area contributed by atoms with Gasteiger partial charge in [0.15, 0.2) is 0 Å². The Balaban J connectivity index is 1.86. The lowest BCUT2D eigenvalue weighted by Crippen LogP contribution is -2.51. The maximum Gasteiger partial charge on any atom is 0.227 e. The number of likely N-dealkylation sites (tertiary alicyclic amines) is 1. The van der Waals surface area contributed by atoms with Gasteiger partial charge in [0.05, 0.1) is 5.41 Å². The van der Waals surface area contributed by atoms with Gasteiger partial charge < -0.3 is 15.5 Å². The molecule has 0 aromatic carbocycles. The number of carbonyl (C=O) groups excluding carboxylic acids is 1. The van der Waals surface area contributed by atoms with Crippen LogP contribution in [0.4, 0.5) is 0 Å². The molecule has 2 saturated heterocycles. The van der Waals surface area contributed by atoms with Gasteiger partial charge in [-0.1, -0.05) is 0 Å². The van der Waals surface area contributed by atoms with Crippen molar-refractivity contribution in [2.75, 3.05) is 33.2 Å². The van der Waals surface area contributed by atoms with Crippen molar-refractivity contribution in [1.29, 1.82) is 0 Å². The Kier molecular flexibility index (Phi) is 3.50. The molecule has 16 heavy (non-hydrogen) atoms. The smallest absolute Gasteiger partial charge is 0.227 e. The van der Waals surface area contributed by atoms with E-state index in [0.29, 0.717) is 6.04 Å². The van der Waals surface area contributed by atoms with Crippen LogP contribution in [0.15, 0.2) is 0 Å². The third-order valence-electron chi connectivity index (χ3n) is 3.87. The Morgan fingerprint density at radius 1 is 1.56 bits per heavy atom. The fourth-order valence-corrected chi connectivity index (χ4v) is 2.66. The largest absolute Gasteiger partial charge is 0.352 e. The Bertz CT molecular complexity index is 261. The second kappa shape index (κ2) is 4.72. The minimum atomic E-state index is -0.195. The highest BCUT2D eigenvalue weighted by molar-refractivity contribution is 5.83. The van der Waals surface area contributed by atoms with Crippen LogP contribution in [0.3, 0.4) is 0 Å². The van der Waals surface area contributed by atoms with Gasteiger partial charge in [-0.2, -0.15) is 0 Å². The third kappa shape index (κ3) is 2.55. The van der Waals surface area contributed by atoms with Gasteiger partial charge >= 0.3 is 0 Å². The van der Waals surface area contributed by atoms with Gasteiger partial charge in [0.1, 0.15) is 0 Å².